The molecule has 0 bridgehead atoms. The third-order valence-corrected chi connectivity index (χ3v) is 2.29. The van der Waals surface area contributed by atoms with Crippen LogP contribution in [0.25, 0.3) is 0 Å². The van der Waals surface area contributed by atoms with Gasteiger partial charge in [0.25, 0.3) is 11.8 Å². The van der Waals surface area contributed by atoms with Crippen LogP contribution in [-0.4, -0.2) is 53.7 Å². The largest absolute Gasteiger partial charge is 0.480 e. The van der Waals surface area contributed by atoms with Crippen molar-refractivity contribution in [3.63, 3.8) is 0 Å². The van der Waals surface area contributed by atoms with Gasteiger partial charge >= 0.3 is 5.97 Å². The second kappa shape index (κ2) is 8.51. The topological polar surface area (TPSA) is 101 Å². The molecule has 0 saturated heterocycles. The fourth-order valence-electron chi connectivity index (χ4n) is 1.46. The standard InChI is InChI=1S/C10H16F2N2O4/c11-5-8(15)14(9(16)6-12)7(10(17)18)3-1-2-4-13/h7H,1-6,13H2,(H,17,18). The van der Waals surface area contributed by atoms with Crippen molar-refractivity contribution in [1.82, 2.24) is 4.90 Å². The molecule has 3 N–H and O–H groups in total. The molecule has 0 aliphatic rings. The predicted octanol–water partition coefficient (Wildman–Crippen LogP) is -0.137. The Kier molecular flexibility index (Phi) is 7.77. The number of halogens is 2. The normalized spacial score (nSPS) is 11.9. The van der Waals surface area contributed by atoms with Gasteiger partial charge < -0.3 is 10.8 Å². The molecule has 6 nitrogen and oxygen atoms in total. The van der Waals surface area contributed by atoms with Crippen LogP contribution < -0.4 is 5.73 Å². The minimum atomic E-state index is -1.55. The molecule has 0 fully saturated rings. The fraction of sp³-hybridized carbons (Fsp3) is 0.700. The Morgan fingerprint density at radius 3 is 1.94 bits per heavy atom. The quantitative estimate of drug-likeness (QED) is 0.596. The molecule has 0 rings (SSSR count). The number of carboxylic acid groups (broad SMARTS) is 1. The average Bonchev–Trinajstić information content (AvgIpc) is 2.36. The van der Waals surface area contributed by atoms with Gasteiger partial charge in [0.1, 0.15) is 6.04 Å². The summed E-state index contributed by atoms with van der Waals surface area (Å²) in [4.78, 5) is 33.4. The molecule has 8 heteroatoms. The summed E-state index contributed by atoms with van der Waals surface area (Å²) in [5.74, 6) is -4.17. The molecule has 0 radical (unpaired) electrons. The number of nitrogens with zero attached hydrogens (tertiary/aromatic N) is 1. The summed E-state index contributed by atoms with van der Waals surface area (Å²) in [6.07, 6.45) is 0.748. The van der Waals surface area contributed by atoms with E-state index < -0.39 is 37.2 Å². The number of nitrogens with two attached hydrogens (primary N) is 1. The molecule has 2 amide bonds. The number of carbonyl (C=O) groups excluding carboxylic acids is 2. The van der Waals surface area contributed by atoms with Crippen LogP contribution in [-0.2, 0) is 14.4 Å². The highest BCUT2D eigenvalue weighted by molar-refractivity contribution is 6.00. The monoisotopic (exact) mass is 266 g/mol. The van der Waals surface area contributed by atoms with Gasteiger partial charge in [-0.05, 0) is 25.8 Å². The van der Waals surface area contributed by atoms with Crippen LogP contribution in [0.2, 0.25) is 0 Å². The number of aliphatic carboxylic acids is 1. The lowest BCUT2D eigenvalue weighted by molar-refractivity contribution is -0.159. The average molecular weight is 266 g/mol. The van der Waals surface area contributed by atoms with Crippen LogP contribution in [0.15, 0.2) is 0 Å². The molecule has 0 saturated carbocycles. The van der Waals surface area contributed by atoms with Gasteiger partial charge in [0.2, 0.25) is 0 Å². The van der Waals surface area contributed by atoms with Crippen LogP contribution in [0.5, 0.6) is 0 Å². The number of carbonyl (C=O) groups is 3. The summed E-state index contributed by atoms with van der Waals surface area (Å²) in [5.41, 5.74) is 5.22. The van der Waals surface area contributed by atoms with E-state index in [1.54, 1.807) is 0 Å². The Morgan fingerprint density at radius 1 is 1.11 bits per heavy atom. The predicted molar refractivity (Wildman–Crippen MR) is 58.1 cm³/mol. The maximum absolute atomic E-state index is 12.3. The molecular formula is C10H16F2N2O4. The number of imide groups is 1. The van der Waals surface area contributed by atoms with Crippen LogP contribution >= 0.6 is 0 Å². The molecule has 1 unspecified atom stereocenters. The van der Waals surface area contributed by atoms with Crippen molar-refractivity contribution in [2.24, 2.45) is 5.73 Å². The number of carboxylic acids is 1. The molecule has 0 aromatic rings. The van der Waals surface area contributed by atoms with Crippen molar-refractivity contribution in [1.29, 1.82) is 0 Å². The summed E-state index contributed by atoms with van der Waals surface area (Å²) in [6.45, 7) is -2.78. The van der Waals surface area contributed by atoms with Crippen molar-refractivity contribution in [3.05, 3.63) is 0 Å². The molecule has 0 spiro atoms. The van der Waals surface area contributed by atoms with E-state index in [0.717, 1.165) is 0 Å². The number of alkyl halides is 2. The second-order valence-corrected chi connectivity index (χ2v) is 3.56. The molecule has 18 heavy (non-hydrogen) atoms. The molecule has 104 valence electrons. The summed E-state index contributed by atoms with van der Waals surface area (Å²) >= 11 is 0. The van der Waals surface area contributed by atoms with Gasteiger partial charge in [0.05, 0.1) is 0 Å². The molecule has 0 aromatic heterocycles. The number of hydrogen-bond donors (Lipinski definition) is 2. The van der Waals surface area contributed by atoms with Crippen molar-refractivity contribution in [3.8, 4) is 0 Å². The first kappa shape index (κ1) is 16.4. The highest BCUT2D eigenvalue weighted by atomic mass is 19.1. The van der Waals surface area contributed by atoms with Crippen molar-refractivity contribution in [2.75, 3.05) is 19.9 Å². The lowest BCUT2D eigenvalue weighted by atomic mass is 10.1. The molecular weight excluding hydrogens is 250 g/mol. The maximum atomic E-state index is 12.3. The third kappa shape index (κ3) is 4.74. The maximum Gasteiger partial charge on any atom is 0.326 e. The van der Waals surface area contributed by atoms with Gasteiger partial charge in [0.15, 0.2) is 13.3 Å². The van der Waals surface area contributed by atoms with Gasteiger partial charge in [-0.2, -0.15) is 0 Å². The van der Waals surface area contributed by atoms with E-state index in [-0.39, 0.29) is 11.3 Å². The van der Waals surface area contributed by atoms with Gasteiger partial charge in [-0.3, -0.25) is 14.5 Å². The Hall–Kier alpha value is -1.57. The van der Waals surface area contributed by atoms with Crippen LogP contribution in [0.1, 0.15) is 19.3 Å². The van der Waals surface area contributed by atoms with Crippen molar-refractivity contribution < 1.29 is 28.3 Å². The SMILES string of the molecule is NCCCCC(C(=O)O)N(C(=O)CF)C(=O)CF. The summed E-state index contributed by atoms with van der Waals surface area (Å²) in [6, 6.07) is -1.55. The van der Waals surface area contributed by atoms with E-state index >= 15 is 0 Å². The lowest BCUT2D eigenvalue weighted by Crippen LogP contribution is -2.50. The van der Waals surface area contributed by atoms with Gasteiger partial charge in [-0.25, -0.2) is 13.6 Å². The first-order chi connectivity index (χ1) is 8.49. The Morgan fingerprint density at radius 2 is 1.61 bits per heavy atom. The van der Waals surface area contributed by atoms with Crippen molar-refractivity contribution in [2.45, 2.75) is 25.3 Å². The van der Waals surface area contributed by atoms with Crippen LogP contribution in [0.4, 0.5) is 8.78 Å². The zero-order valence-corrected chi connectivity index (χ0v) is 9.77. The summed E-state index contributed by atoms with van der Waals surface area (Å²) in [7, 11) is 0. The Balaban J connectivity index is 4.91. The smallest absolute Gasteiger partial charge is 0.326 e. The molecule has 0 aliphatic heterocycles. The zero-order valence-electron chi connectivity index (χ0n) is 9.77. The minimum Gasteiger partial charge on any atom is -0.480 e. The van der Waals surface area contributed by atoms with Crippen molar-refractivity contribution >= 4 is 17.8 Å². The first-order valence-electron chi connectivity index (χ1n) is 5.39. The van der Waals surface area contributed by atoms with E-state index in [0.29, 0.717) is 19.4 Å². The third-order valence-electron chi connectivity index (χ3n) is 2.29. The first-order valence-corrected chi connectivity index (χ1v) is 5.39. The molecule has 0 aliphatic carbocycles. The molecule has 1 atom stereocenters. The molecule has 0 heterocycles. The summed E-state index contributed by atoms with van der Waals surface area (Å²) in [5, 5.41) is 8.91. The number of amides is 2. The number of unbranched alkanes of at least 4 members (excludes halogenated alkanes) is 1. The highest BCUT2D eigenvalue weighted by Crippen LogP contribution is 2.11. The van der Waals surface area contributed by atoms with Gasteiger partial charge in [-0.15, -0.1) is 0 Å². The van der Waals surface area contributed by atoms with Crippen LogP contribution in [0, 0.1) is 0 Å². The zero-order chi connectivity index (χ0) is 14.1. The van der Waals surface area contributed by atoms with E-state index in [1.807, 2.05) is 0 Å². The van der Waals surface area contributed by atoms with Gasteiger partial charge in [-0.1, -0.05) is 0 Å². The molecule has 0 aromatic carbocycles. The Labute approximate surface area is 103 Å². The van der Waals surface area contributed by atoms with Crippen LogP contribution in [0.3, 0.4) is 0 Å². The minimum absolute atomic E-state index is 0.0794. The second-order valence-electron chi connectivity index (χ2n) is 3.56. The van der Waals surface area contributed by atoms with E-state index in [4.69, 9.17) is 10.8 Å². The fourth-order valence-corrected chi connectivity index (χ4v) is 1.46. The lowest BCUT2D eigenvalue weighted by Gasteiger charge is -2.25. The van der Waals surface area contributed by atoms with E-state index in [1.165, 1.54) is 0 Å². The number of rotatable bonds is 8. The highest BCUT2D eigenvalue weighted by Gasteiger charge is 2.33. The Bertz CT molecular complexity index is 296. The van der Waals surface area contributed by atoms with E-state index in [9.17, 15) is 23.2 Å². The number of hydrogen-bond acceptors (Lipinski definition) is 4. The van der Waals surface area contributed by atoms with E-state index in [2.05, 4.69) is 0 Å². The summed E-state index contributed by atoms with van der Waals surface area (Å²) < 4.78 is 24.5. The van der Waals surface area contributed by atoms with Gasteiger partial charge in [0, 0.05) is 0 Å².